The third kappa shape index (κ3) is 22.4. The number of thiol groups is 1. The summed E-state index contributed by atoms with van der Waals surface area (Å²) < 4.78 is 3.68. The summed E-state index contributed by atoms with van der Waals surface area (Å²) in [6.45, 7) is 8.44. The molecule has 1 nitrogen and oxygen atoms in total. The zero-order valence-electron chi connectivity index (χ0n) is 8.47. The van der Waals surface area contributed by atoms with E-state index in [4.69, 9.17) is 11.6 Å². The van der Waals surface area contributed by atoms with Crippen LogP contribution in [0.2, 0.25) is 0 Å². The Morgan fingerprint density at radius 2 is 1.83 bits per heavy atom. The average molecular weight is 210 g/mol. The number of rotatable bonds is 3. The van der Waals surface area contributed by atoms with Crippen molar-refractivity contribution in [1.29, 1.82) is 0 Å². The van der Waals surface area contributed by atoms with Crippen molar-refractivity contribution in [2.75, 3.05) is 5.88 Å². The second-order valence-corrected chi connectivity index (χ2v) is 3.94. The molecule has 0 aliphatic heterocycles. The molecule has 0 aliphatic rings. The SMILES string of the molecule is C/C(CCCCl)=N\S.CC(C)C. The average Bonchev–Trinajstić information content (AvgIpc) is 1.99. The quantitative estimate of drug-likeness (QED) is 0.410. The molecule has 0 N–H and O–H groups in total. The van der Waals surface area contributed by atoms with Crippen LogP contribution < -0.4 is 0 Å². The lowest BCUT2D eigenvalue weighted by molar-refractivity contribution is 0.737. The van der Waals surface area contributed by atoms with Gasteiger partial charge in [-0.1, -0.05) is 20.8 Å². The molecule has 0 aromatic rings. The Hall–Kier alpha value is 0.310. The molecule has 0 bridgehead atoms. The van der Waals surface area contributed by atoms with Crippen LogP contribution in [0.25, 0.3) is 0 Å². The molecule has 0 aromatic heterocycles. The van der Waals surface area contributed by atoms with Crippen LogP contribution in [0.15, 0.2) is 4.40 Å². The molecule has 74 valence electrons. The topological polar surface area (TPSA) is 12.4 Å². The zero-order chi connectivity index (χ0) is 9.98. The van der Waals surface area contributed by atoms with Gasteiger partial charge in [-0.05, 0) is 38.5 Å². The predicted octanol–water partition coefficient (Wildman–Crippen LogP) is 3.97. The van der Waals surface area contributed by atoms with Crippen molar-refractivity contribution in [3.05, 3.63) is 0 Å². The van der Waals surface area contributed by atoms with Gasteiger partial charge in [-0.15, -0.1) is 11.6 Å². The number of hydrogen-bond donors (Lipinski definition) is 1. The molecule has 0 saturated carbocycles. The van der Waals surface area contributed by atoms with Crippen molar-refractivity contribution in [3.63, 3.8) is 0 Å². The van der Waals surface area contributed by atoms with E-state index in [-0.39, 0.29) is 0 Å². The van der Waals surface area contributed by atoms with E-state index >= 15 is 0 Å². The van der Waals surface area contributed by atoms with Crippen LogP contribution in [0.3, 0.4) is 0 Å². The summed E-state index contributed by atoms with van der Waals surface area (Å²) >= 11 is 9.16. The molecular weight excluding hydrogens is 190 g/mol. The van der Waals surface area contributed by atoms with Gasteiger partial charge in [0.25, 0.3) is 0 Å². The van der Waals surface area contributed by atoms with Crippen LogP contribution in [-0.2, 0) is 0 Å². The van der Waals surface area contributed by atoms with Crippen LogP contribution >= 0.6 is 24.4 Å². The molecule has 0 aliphatic carbocycles. The van der Waals surface area contributed by atoms with Gasteiger partial charge in [0.15, 0.2) is 0 Å². The minimum atomic E-state index is 0.709. The van der Waals surface area contributed by atoms with E-state index in [9.17, 15) is 0 Å². The Bertz CT molecular complexity index is 110. The summed E-state index contributed by atoms with van der Waals surface area (Å²) in [5, 5.41) is 0. The summed E-state index contributed by atoms with van der Waals surface area (Å²) in [7, 11) is 0. The maximum absolute atomic E-state index is 5.42. The van der Waals surface area contributed by atoms with Gasteiger partial charge >= 0.3 is 0 Å². The number of nitrogens with zero attached hydrogens (tertiary/aromatic N) is 1. The smallest absolute Gasteiger partial charge is 0.0228 e. The fourth-order valence-corrected chi connectivity index (χ4v) is 0.606. The van der Waals surface area contributed by atoms with Gasteiger partial charge in [0.2, 0.25) is 0 Å². The molecule has 0 radical (unpaired) electrons. The third-order valence-corrected chi connectivity index (χ3v) is 1.45. The number of alkyl halides is 1. The van der Waals surface area contributed by atoms with Crippen LogP contribution in [-0.4, -0.2) is 11.6 Å². The standard InChI is InChI=1S/C5H10ClNS.C4H10/c1-5(7-8)3-2-4-6;1-4(2)3/h8H,2-4H2,1H3;4H,1-3H3/b7-5+;. The maximum Gasteiger partial charge on any atom is 0.0228 e. The van der Waals surface area contributed by atoms with E-state index in [1.807, 2.05) is 6.92 Å². The normalized spacial score (nSPS) is 11.1. The summed E-state index contributed by atoms with van der Waals surface area (Å²) in [5.41, 5.74) is 1.05. The minimum Gasteiger partial charge on any atom is -0.229 e. The van der Waals surface area contributed by atoms with Crippen molar-refractivity contribution in [3.8, 4) is 0 Å². The first-order valence-corrected chi connectivity index (χ1v) is 5.21. The second-order valence-electron chi connectivity index (χ2n) is 3.36. The second kappa shape index (κ2) is 11.3. The number of hydrogen-bond acceptors (Lipinski definition) is 2. The predicted molar refractivity (Wildman–Crippen MR) is 62.6 cm³/mol. The fourth-order valence-electron chi connectivity index (χ4n) is 0.373. The molecule has 0 rings (SSSR count). The summed E-state index contributed by atoms with van der Waals surface area (Å²) in [5.74, 6) is 1.54. The highest BCUT2D eigenvalue weighted by atomic mass is 35.5. The Kier molecular flexibility index (Phi) is 14.0. The lowest BCUT2D eigenvalue weighted by Crippen LogP contribution is -1.88. The molecular formula is C9H20ClNS. The molecule has 0 heterocycles. The van der Waals surface area contributed by atoms with Crippen molar-refractivity contribution in [2.45, 2.75) is 40.5 Å². The van der Waals surface area contributed by atoms with Gasteiger partial charge in [-0.25, -0.2) is 4.40 Å². The van der Waals surface area contributed by atoms with E-state index in [0.29, 0.717) is 5.88 Å². The summed E-state index contributed by atoms with van der Waals surface area (Å²) in [4.78, 5) is 0. The van der Waals surface area contributed by atoms with Gasteiger partial charge in [-0.3, -0.25) is 0 Å². The van der Waals surface area contributed by atoms with Crippen molar-refractivity contribution < 1.29 is 0 Å². The molecule has 3 heteroatoms. The summed E-state index contributed by atoms with van der Waals surface area (Å²) in [6.07, 6.45) is 1.96. The van der Waals surface area contributed by atoms with E-state index in [2.05, 4.69) is 38.0 Å². The first-order chi connectivity index (χ1) is 5.54. The van der Waals surface area contributed by atoms with Gasteiger partial charge < -0.3 is 0 Å². The first-order valence-electron chi connectivity index (χ1n) is 4.28. The van der Waals surface area contributed by atoms with Gasteiger partial charge in [0.05, 0.1) is 0 Å². The first kappa shape index (κ1) is 14.8. The highest BCUT2D eigenvalue weighted by Gasteiger charge is 1.87. The van der Waals surface area contributed by atoms with E-state index in [1.165, 1.54) is 0 Å². The van der Waals surface area contributed by atoms with Crippen LogP contribution in [0.4, 0.5) is 0 Å². The Labute approximate surface area is 87.2 Å². The minimum absolute atomic E-state index is 0.709. The van der Waals surface area contributed by atoms with Gasteiger partial charge in [0.1, 0.15) is 0 Å². The highest BCUT2D eigenvalue weighted by molar-refractivity contribution is 7.79. The maximum atomic E-state index is 5.42. The molecule has 0 aromatic carbocycles. The Morgan fingerprint density at radius 1 is 1.42 bits per heavy atom. The van der Waals surface area contributed by atoms with Gasteiger partial charge in [-0.2, -0.15) is 0 Å². The van der Waals surface area contributed by atoms with Gasteiger partial charge in [0, 0.05) is 11.6 Å². The van der Waals surface area contributed by atoms with E-state index in [0.717, 1.165) is 24.5 Å². The third-order valence-electron chi connectivity index (χ3n) is 0.843. The molecule has 0 fully saturated rings. The highest BCUT2D eigenvalue weighted by Crippen LogP contribution is 1.95. The largest absolute Gasteiger partial charge is 0.229 e. The number of halogens is 1. The monoisotopic (exact) mass is 209 g/mol. The van der Waals surface area contributed by atoms with Crippen molar-refractivity contribution in [2.24, 2.45) is 10.3 Å². The van der Waals surface area contributed by atoms with E-state index in [1.54, 1.807) is 0 Å². The van der Waals surface area contributed by atoms with Crippen molar-refractivity contribution in [1.82, 2.24) is 0 Å². The lowest BCUT2D eigenvalue weighted by atomic mass is 10.2. The van der Waals surface area contributed by atoms with Crippen LogP contribution in [0, 0.1) is 5.92 Å². The molecule has 0 amide bonds. The fraction of sp³-hybridized carbons (Fsp3) is 0.889. The van der Waals surface area contributed by atoms with Crippen LogP contribution in [0.1, 0.15) is 40.5 Å². The Balaban J connectivity index is 0. The lowest BCUT2D eigenvalue weighted by Gasteiger charge is -1.91. The van der Waals surface area contributed by atoms with E-state index < -0.39 is 0 Å². The Morgan fingerprint density at radius 3 is 2.08 bits per heavy atom. The molecule has 12 heavy (non-hydrogen) atoms. The molecule has 0 atom stereocenters. The molecule has 0 spiro atoms. The molecule has 0 unspecified atom stereocenters. The van der Waals surface area contributed by atoms with Crippen LogP contribution in [0.5, 0.6) is 0 Å². The summed E-state index contributed by atoms with van der Waals surface area (Å²) in [6, 6.07) is 0. The zero-order valence-corrected chi connectivity index (χ0v) is 10.1. The van der Waals surface area contributed by atoms with Crippen molar-refractivity contribution >= 4 is 30.1 Å². The molecule has 0 saturated heterocycles.